The van der Waals surface area contributed by atoms with Crippen LogP contribution in [-0.2, 0) is 16.9 Å². The molecule has 7 nitrogen and oxygen atoms in total. The van der Waals surface area contributed by atoms with Crippen LogP contribution in [0.3, 0.4) is 0 Å². The third-order valence-corrected chi connectivity index (χ3v) is 8.24. The zero-order valence-corrected chi connectivity index (χ0v) is 22.0. The van der Waals surface area contributed by atoms with Crippen molar-refractivity contribution in [3.8, 4) is 17.0 Å². The standard InChI is InChI=1S/C30H24N4O3S/c1-4-33-18(2)24(21-8-5-6-10-23(21)33)30(22-9-7-15-31-26(22)28(35)37-30)27-25(32-29-34(27)16-17-38-29)19-11-13-20(36-3)14-12-19/h5-17H,4H2,1-3H3. The predicted molar refractivity (Wildman–Crippen MR) is 147 cm³/mol. The number of hydrogen-bond acceptors (Lipinski definition) is 6. The Morgan fingerprint density at radius 2 is 1.87 bits per heavy atom. The van der Waals surface area contributed by atoms with E-state index in [0.717, 1.165) is 61.9 Å². The molecule has 5 heterocycles. The van der Waals surface area contributed by atoms with E-state index in [2.05, 4.69) is 39.9 Å². The van der Waals surface area contributed by atoms with Crippen molar-refractivity contribution < 1.29 is 14.3 Å². The molecule has 0 saturated heterocycles. The van der Waals surface area contributed by atoms with Crippen LogP contribution in [0, 0.1) is 6.92 Å². The molecule has 6 aromatic rings. The van der Waals surface area contributed by atoms with E-state index in [9.17, 15) is 4.79 Å². The summed E-state index contributed by atoms with van der Waals surface area (Å²) in [5, 5.41) is 3.03. The second-order valence-corrected chi connectivity index (χ2v) is 10.2. The maximum absolute atomic E-state index is 13.5. The molecular formula is C30H24N4O3S. The fourth-order valence-electron chi connectivity index (χ4n) is 5.93. The van der Waals surface area contributed by atoms with Crippen LogP contribution in [0.1, 0.15) is 39.9 Å². The van der Waals surface area contributed by atoms with Gasteiger partial charge >= 0.3 is 5.97 Å². The molecule has 0 fully saturated rings. The van der Waals surface area contributed by atoms with Crippen LogP contribution >= 0.6 is 11.3 Å². The number of cyclic esters (lactones) is 1. The van der Waals surface area contributed by atoms with Crippen LogP contribution in [0.15, 0.2) is 78.4 Å². The fourth-order valence-corrected chi connectivity index (χ4v) is 6.64. The van der Waals surface area contributed by atoms with E-state index in [-0.39, 0.29) is 0 Å². The zero-order chi connectivity index (χ0) is 26.0. The van der Waals surface area contributed by atoms with Crippen molar-refractivity contribution in [1.29, 1.82) is 0 Å². The highest BCUT2D eigenvalue weighted by Crippen LogP contribution is 2.53. The van der Waals surface area contributed by atoms with Crippen molar-refractivity contribution in [2.45, 2.75) is 26.0 Å². The first-order valence-corrected chi connectivity index (χ1v) is 13.3. The van der Waals surface area contributed by atoms with Crippen molar-refractivity contribution in [3.63, 3.8) is 0 Å². The second kappa shape index (κ2) is 8.29. The molecule has 0 amide bonds. The third-order valence-electron chi connectivity index (χ3n) is 7.48. The number of ether oxygens (including phenoxy) is 2. The van der Waals surface area contributed by atoms with Crippen molar-refractivity contribution in [1.82, 2.24) is 18.9 Å². The van der Waals surface area contributed by atoms with Crippen LogP contribution in [0.25, 0.3) is 27.1 Å². The zero-order valence-electron chi connectivity index (χ0n) is 21.1. The van der Waals surface area contributed by atoms with Gasteiger partial charge < -0.3 is 14.0 Å². The Balaban J connectivity index is 1.66. The maximum Gasteiger partial charge on any atom is 0.359 e. The van der Waals surface area contributed by atoms with Gasteiger partial charge in [-0.1, -0.05) is 24.3 Å². The number of aryl methyl sites for hydroxylation is 1. The third kappa shape index (κ3) is 2.92. The topological polar surface area (TPSA) is 70.7 Å². The van der Waals surface area contributed by atoms with E-state index in [4.69, 9.17) is 14.5 Å². The Morgan fingerprint density at radius 3 is 2.66 bits per heavy atom. The first kappa shape index (κ1) is 22.7. The van der Waals surface area contributed by atoms with Gasteiger partial charge in [0, 0.05) is 57.6 Å². The smallest absolute Gasteiger partial charge is 0.359 e. The Morgan fingerprint density at radius 1 is 1.05 bits per heavy atom. The van der Waals surface area contributed by atoms with Gasteiger partial charge in [0.1, 0.15) is 11.4 Å². The lowest BCUT2D eigenvalue weighted by Crippen LogP contribution is -2.32. The number of imidazole rings is 1. The highest BCUT2D eigenvalue weighted by Gasteiger charge is 2.55. The van der Waals surface area contributed by atoms with E-state index in [1.54, 1.807) is 24.6 Å². The first-order valence-electron chi connectivity index (χ1n) is 12.5. The summed E-state index contributed by atoms with van der Waals surface area (Å²) in [6.45, 7) is 5.01. The Labute approximate surface area is 222 Å². The monoisotopic (exact) mass is 520 g/mol. The molecule has 1 aliphatic heterocycles. The molecule has 0 saturated carbocycles. The Kier molecular flexibility index (Phi) is 4.96. The number of methoxy groups -OCH3 is 1. The fraction of sp³-hybridized carbons (Fsp3) is 0.167. The van der Waals surface area contributed by atoms with Gasteiger partial charge in [-0.15, -0.1) is 11.3 Å². The number of hydrogen-bond donors (Lipinski definition) is 0. The summed E-state index contributed by atoms with van der Waals surface area (Å²) in [7, 11) is 1.65. The molecule has 1 aliphatic rings. The van der Waals surface area contributed by atoms with E-state index in [1.165, 1.54) is 0 Å². The minimum atomic E-state index is -1.26. The lowest BCUT2D eigenvalue weighted by molar-refractivity contribution is 0.0238. The number of carbonyl (C=O) groups is 1. The van der Waals surface area contributed by atoms with Gasteiger partial charge in [0.2, 0.25) is 5.60 Å². The average molecular weight is 521 g/mol. The average Bonchev–Trinajstić information content (AvgIpc) is 3.68. The van der Waals surface area contributed by atoms with Gasteiger partial charge in [-0.3, -0.25) is 4.40 Å². The largest absolute Gasteiger partial charge is 0.497 e. The molecule has 0 N–H and O–H groups in total. The summed E-state index contributed by atoms with van der Waals surface area (Å²) in [6.07, 6.45) is 3.63. The van der Waals surface area contributed by atoms with Gasteiger partial charge in [-0.05, 0) is 50.2 Å². The van der Waals surface area contributed by atoms with Crippen molar-refractivity contribution in [2.75, 3.05) is 7.11 Å². The van der Waals surface area contributed by atoms with Gasteiger partial charge in [0.25, 0.3) is 0 Å². The van der Waals surface area contributed by atoms with E-state index >= 15 is 0 Å². The summed E-state index contributed by atoms with van der Waals surface area (Å²) < 4.78 is 16.3. The van der Waals surface area contributed by atoms with Gasteiger partial charge in [-0.25, -0.2) is 14.8 Å². The number of carbonyl (C=O) groups excluding carboxylic acids is 1. The summed E-state index contributed by atoms with van der Waals surface area (Å²) in [4.78, 5) is 23.9. The molecule has 4 aromatic heterocycles. The first-order chi connectivity index (χ1) is 18.6. The molecule has 0 spiro atoms. The minimum absolute atomic E-state index is 0.325. The molecule has 7 rings (SSSR count). The Hall–Kier alpha value is -4.43. The molecule has 0 aliphatic carbocycles. The molecule has 38 heavy (non-hydrogen) atoms. The second-order valence-electron chi connectivity index (χ2n) is 9.29. The summed E-state index contributed by atoms with van der Waals surface area (Å²) >= 11 is 1.54. The normalized spacial score (nSPS) is 16.8. The molecule has 1 atom stereocenters. The highest BCUT2D eigenvalue weighted by molar-refractivity contribution is 7.15. The molecule has 0 radical (unpaired) electrons. The lowest BCUT2D eigenvalue weighted by atomic mass is 9.80. The SMILES string of the molecule is CCn1c(C)c(C2(c3c(-c4ccc(OC)cc4)nc4sccn34)OC(=O)c3ncccc32)c2ccccc21. The number of esters is 1. The molecule has 0 bridgehead atoms. The molecular weight excluding hydrogens is 496 g/mol. The number of fused-ring (bicyclic) bond motifs is 3. The lowest BCUT2D eigenvalue weighted by Gasteiger charge is -2.30. The minimum Gasteiger partial charge on any atom is -0.497 e. The quantitative estimate of drug-likeness (QED) is 0.253. The molecule has 188 valence electrons. The van der Waals surface area contributed by atoms with Crippen LogP contribution in [0.4, 0.5) is 0 Å². The summed E-state index contributed by atoms with van der Waals surface area (Å²) in [6, 6.07) is 19.9. The molecule has 2 aromatic carbocycles. The van der Waals surface area contributed by atoms with Crippen LogP contribution in [0.5, 0.6) is 5.75 Å². The molecule has 1 unspecified atom stereocenters. The predicted octanol–water partition coefficient (Wildman–Crippen LogP) is 6.21. The molecule has 8 heteroatoms. The van der Waals surface area contributed by atoms with Crippen LogP contribution in [0.2, 0.25) is 0 Å². The number of benzene rings is 2. The van der Waals surface area contributed by atoms with Gasteiger partial charge in [0.05, 0.1) is 12.8 Å². The van der Waals surface area contributed by atoms with E-state index < -0.39 is 11.6 Å². The van der Waals surface area contributed by atoms with E-state index in [1.807, 2.05) is 60.1 Å². The number of thiazole rings is 1. The number of para-hydroxylation sites is 1. The summed E-state index contributed by atoms with van der Waals surface area (Å²) in [5.41, 5.74) is 5.26. The van der Waals surface area contributed by atoms with E-state index in [0.29, 0.717) is 5.69 Å². The van der Waals surface area contributed by atoms with Crippen LogP contribution in [-0.4, -0.2) is 32.0 Å². The van der Waals surface area contributed by atoms with Crippen LogP contribution < -0.4 is 4.74 Å². The van der Waals surface area contributed by atoms with Crippen molar-refractivity contribution in [3.05, 3.63) is 107 Å². The number of nitrogens with zero attached hydrogens (tertiary/aromatic N) is 4. The number of aromatic nitrogens is 4. The number of rotatable bonds is 5. The van der Waals surface area contributed by atoms with Crippen molar-refractivity contribution >= 4 is 33.2 Å². The number of pyridine rings is 1. The van der Waals surface area contributed by atoms with Gasteiger partial charge in [-0.2, -0.15) is 0 Å². The maximum atomic E-state index is 13.5. The highest BCUT2D eigenvalue weighted by atomic mass is 32.1. The van der Waals surface area contributed by atoms with Crippen molar-refractivity contribution in [2.24, 2.45) is 0 Å². The summed E-state index contributed by atoms with van der Waals surface area (Å²) in [5.74, 6) is 0.314. The Bertz CT molecular complexity index is 1860. The van der Waals surface area contributed by atoms with Gasteiger partial charge in [0.15, 0.2) is 10.7 Å².